The van der Waals surface area contributed by atoms with Gasteiger partial charge in [-0.15, -0.1) is 35.3 Å². The summed E-state index contributed by atoms with van der Waals surface area (Å²) in [6.07, 6.45) is 5.16. The third-order valence-corrected chi connectivity index (χ3v) is 7.44. The van der Waals surface area contributed by atoms with Crippen LogP contribution in [-0.4, -0.2) is 63.4 Å². The maximum atomic E-state index is 11.4. The molecule has 0 aliphatic carbocycles. The molecule has 0 amide bonds. The van der Waals surface area contributed by atoms with E-state index in [0.29, 0.717) is 12.6 Å². The van der Waals surface area contributed by atoms with Crippen molar-refractivity contribution in [3.63, 3.8) is 0 Å². The van der Waals surface area contributed by atoms with Crippen molar-refractivity contribution in [2.24, 2.45) is 10.1 Å². The van der Waals surface area contributed by atoms with E-state index in [9.17, 15) is 8.42 Å². The highest BCUT2D eigenvalue weighted by Gasteiger charge is 2.29. The van der Waals surface area contributed by atoms with Gasteiger partial charge in [-0.3, -0.25) is 9.89 Å². The Labute approximate surface area is 177 Å². The number of hydrogen-bond donors (Lipinski definition) is 2. The van der Waals surface area contributed by atoms with Crippen molar-refractivity contribution in [1.29, 1.82) is 0 Å². The highest BCUT2D eigenvalue weighted by Crippen LogP contribution is 2.22. The van der Waals surface area contributed by atoms with Crippen molar-refractivity contribution in [3.05, 3.63) is 17.0 Å². The number of primary sulfonamides is 1. The maximum absolute atomic E-state index is 11.4. The molecule has 2 aliphatic rings. The van der Waals surface area contributed by atoms with Crippen molar-refractivity contribution in [2.45, 2.75) is 42.5 Å². The van der Waals surface area contributed by atoms with Gasteiger partial charge in [-0.25, -0.2) is 13.6 Å². The number of likely N-dealkylation sites (tertiary alicyclic amines) is 2. The van der Waals surface area contributed by atoms with Crippen LogP contribution in [0.2, 0.25) is 0 Å². The standard InChI is InChI=1S/C16H27N5O2S2.HI/c1-18-16(19-11-14-5-6-15(24-14)25(17,22)23)21-10-7-13(12-21)20-8-3-2-4-9-20;/h5-6,13H,2-4,7-12H2,1H3,(H,18,19)(H2,17,22,23);1H. The van der Waals surface area contributed by atoms with Crippen molar-refractivity contribution in [2.75, 3.05) is 33.2 Å². The Morgan fingerprint density at radius 3 is 2.65 bits per heavy atom. The molecule has 3 heterocycles. The molecule has 148 valence electrons. The van der Waals surface area contributed by atoms with Gasteiger partial charge in [0.1, 0.15) is 4.21 Å². The van der Waals surface area contributed by atoms with Gasteiger partial charge >= 0.3 is 0 Å². The molecule has 2 aliphatic heterocycles. The lowest BCUT2D eigenvalue weighted by Gasteiger charge is -2.32. The molecule has 1 atom stereocenters. The Kier molecular flexibility index (Phi) is 8.13. The number of piperidine rings is 1. The van der Waals surface area contributed by atoms with Gasteiger partial charge in [0.15, 0.2) is 5.96 Å². The second-order valence-electron chi connectivity index (χ2n) is 6.65. The summed E-state index contributed by atoms with van der Waals surface area (Å²) >= 11 is 1.20. The van der Waals surface area contributed by atoms with Gasteiger partial charge in [0.05, 0.1) is 6.54 Å². The van der Waals surface area contributed by atoms with Crippen LogP contribution in [0.5, 0.6) is 0 Å². The number of nitrogens with one attached hydrogen (secondary N) is 1. The van der Waals surface area contributed by atoms with E-state index in [2.05, 4.69) is 20.1 Å². The van der Waals surface area contributed by atoms with Crippen LogP contribution in [0, 0.1) is 0 Å². The number of rotatable bonds is 4. The lowest BCUT2D eigenvalue weighted by Crippen LogP contribution is -2.44. The molecule has 3 rings (SSSR count). The fourth-order valence-corrected chi connectivity index (χ4v) is 5.34. The van der Waals surface area contributed by atoms with Crippen LogP contribution in [-0.2, 0) is 16.6 Å². The van der Waals surface area contributed by atoms with Crippen LogP contribution in [0.3, 0.4) is 0 Å². The number of sulfonamides is 1. The molecule has 2 fully saturated rings. The van der Waals surface area contributed by atoms with E-state index < -0.39 is 10.0 Å². The van der Waals surface area contributed by atoms with Crippen LogP contribution >= 0.6 is 35.3 Å². The van der Waals surface area contributed by atoms with Crippen LogP contribution < -0.4 is 10.5 Å². The number of guanidine groups is 1. The number of hydrogen-bond acceptors (Lipinski definition) is 5. The quantitative estimate of drug-likeness (QED) is 0.363. The van der Waals surface area contributed by atoms with Crippen LogP contribution in [0.25, 0.3) is 0 Å². The molecular formula is C16H28IN5O2S2. The minimum atomic E-state index is -3.62. The van der Waals surface area contributed by atoms with Crippen molar-refractivity contribution in [1.82, 2.24) is 15.1 Å². The topological polar surface area (TPSA) is 91.0 Å². The van der Waals surface area contributed by atoms with E-state index in [1.165, 1.54) is 50.1 Å². The average Bonchev–Trinajstić information content (AvgIpc) is 3.25. The van der Waals surface area contributed by atoms with Crippen LogP contribution in [0.15, 0.2) is 21.3 Å². The highest BCUT2D eigenvalue weighted by atomic mass is 127. The Morgan fingerprint density at radius 1 is 1.31 bits per heavy atom. The van der Waals surface area contributed by atoms with Gasteiger partial charge in [-0.2, -0.15) is 0 Å². The first kappa shape index (κ1) is 21.9. The summed E-state index contributed by atoms with van der Waals surface area (Å²) in [5, 5.41) is 8.51. The van der Waals surface area contributed by atoms with Crippen LogP contribution in [0.4, 0.5) is 0 Å². The summed E-state index contributed by atoms with van der Waals surface area (Å²) < 4.78 is 22.9. The summed E-state index contributed by atoms with van der Waals surface area (Å²) in [7, 11) is -1.82. The molecular weight excluding hydrogens is 485 g/mol. The largest absolute Gasteiger partial charge is 0.351 e. The zero-order chi connectivity index (χ0) is 17.9. The zero-order valence-electron chi connectivity index (χ0n) is 15.1. The first-order valence-electron chi connectivity index (χ1n) is 8.78. The van der Waals surface area contributed by atoms with Gasteiger partial charge in [0, 0.05) is 31.1 Å². The summed E-state index contributed by atoms with van der Waals surface area (Å²) in [5.74, 6) is 0.880. The lowest BCUT2D eigenvalue weighted by molar-refractivity contribution is 0.168. The molecule has 0 radical (unpaired) electrons. The summed E-state index contributed by atoms with van der Waals surface area (Å²) in [6, 6.07) is 3.97. The number of nitrogens with zero attached hydrogens (tertiary/aromatic N) is 3. The minimum Gasteiger partial charge on any atom is -0.351 e. The smallest absolute Gasteiger partial charge is 0.247 e. The fourth-order valence-electron chi connectivity index (χ4n) is 3.62. The first-order valence-corrected chi connectivity index (χ1v) is 11.1. The molecule has 0 bridgehead atoms. The third kappa shape index (κ3) is 5.54. The van der Waals surface area contributed by atoms with Crippen molar-refractivity contribution < 1.29 is 8.42 Å². The van der Waals surface area contributed by atoms with Gasteiger partial charge in [-0.1, -0.05) is 6.42 Å². The molecule has 10 heteroatoms. The third-order valence-electron chi connectivity index (χ3n) is 4.92. The summed E-state index contributed by atoms with van der Waals surface area (Å²) in [6.45, 7) is 5.00. The Balaban J connectivity index is 0.00000243. The molecule has 7 nitrogen and oxygen atoms in total. The van der Waals surface area contributed by atoms with E-state index in [1.54, 1.807) is 19.2 Å². The fraction of sp³-hybridized carbons (Fsp3) is 0.688. The van der Waals surface area contributed by atoms with E-state index in [0.717, 1.165) is 23.9 Å². The van der Waals surface area contributed by atoms with Gasteiger partial charge in [0.25, 0.3) is 0 Å². The average molecular weight is 513 g/mol. The zero-order valence-corrected chi connectivity index (χ0v) is 19.0. The molecule has 1 aromatic heterocycles. The van der Waals surface area contributed by atoms with Crippen molar-refractivity contribution in [3.8, 4) is 0 Å². The molecule has 3 N–H and O–H groups in total. The molecule has 2 saturated heterocycles. The summed E-state index contributed by atoms with van der Waals surface area (Å²) in [4.78, 5) is 10.2. The number of aliphatic imine (C=N–C) groups is 1. The van der Waals surface area contributed by atoms with E-state index in [4.69, 9.17) is 5.14 Å². The number of thiophene rings is 1. The highest BCUT2D eigenvalue weighted by molar-refractivity contribution is 14.0. The predicted octanol–water partition coefficient (Wildman–Crippen LogP) is 1.65. The second kappa shape index (κ2) is 9.67. The lowest BCUT2D eigenvalue weighted by atomic mass is 10.1. The van der Waals surface area contributed by atoms with Gasteiger partial charge in [-0.05, 0) is 44.5 Å². The maximum Gasteiger partial charge on any atom is 0.247 e. The van der Waals surface area contributed by atoms with Crippen molar-refractivity contribution >= 4 is 51.3 Å². The van der Waals surface area contributed by atoms with Gasteiger partial charge < -0.3 is 10.2 Å². The molecule has 0 aromatic carbocycles. The molecule has 1 unspecified atom stereocenters. The van der Waals surface area contributed by atoms with Crippen LogP contribution in [0.1, 0.15) is 30.6 Å². The SMILES string of the molecule is CN=C(NCc1ccc(S(N)(=O)=O)s1)N1CCC(N2CCCCC2)C1.I. The number of halogens is 1. The second-order valence-corrected chi connectivity index (χ2v) is 9.61. The first-order chi connectivity index (χ1) is 12.0. The Morgan fingerprint density at radius 2 is 2.04 bits per heavy atom. The Bertz CT molecular complexity index is 716. The van der Waals surface area contributed by atoms with Gasteiger partial charge in [0.2, 0.25) is 10.0 Å². The van der Waals surface area contributed by atoms with E-state index >= 15 is 0 Å². The molecule has 0 spiro atoms. The summed E-state index contributed by atoms with van der Waals surface area (Å²) in [5.41, 5.74) is 0. The Hall–Kier alpha value is -0.430. The molecule has 1 aromatic rings. The monoisotopic (exact) mass is 513 g/mol. The molecule has 26 heavy (non-hydrogen) atoms. The minimum absolute atomic E-state index is 0. The van der Waals surface area contributed by atoms with E-state index in [-0.39, 0.29) is 28.2 Å². The normalized spacial score (nSPS) is 22.3. The molecule has 0 saturated carbocycles. The predicted molar refractivity (Wildman–Crippen MR) is 117 cm³/mol. The van der Waals surface area contributed by atoms with E-state index in [1.807, 2.05) is 0 Å². The number of nitrogens with two attached hydrogens (primary N) is 1.